The number of nitrogens with one attached hydrogen (secondary N) is 1. The molecule has 0 aliphatic carbocycles. The third kappa shape index (κ3) is 2.48. The molecule has 4 nitrogen and oxygen atoms in total. The first-order chi connectivity index (χ1) is 10.2. The van der Waals surface area contributed by atoms with Crippen molar-refractivity contribution in [2.75, 3.05) is 7.11 Å². The van der Waals surface area contributed by atoms with Crippen LogP contribution in [0.3, 0.4) is 0 Å². The number of rotatable bonds is 3. The maximum atomic E-state index is 9.88. The molecule has 4 heteroatoms. The SMILES string of the molecule is COc1ccc(-c2nc(-c3ccccc3)c(C)[nH]2)cc1O. The van der Waals surface area contributed by atoms with Gasteiger partial charge in [0.05, 0.1) is 12.8 Å². The van der Waals surface area contributed by atoms with E-state index in [1.807, 2.05) is 43.3 Å². The topological polar surface area (TPSA) is 58.1 Å². The average Bonchev–Trinajstić information content (AvgIpc) is 2.90. The van der Waals surface area contributed by atoms with Crippen LogP contribution in [0.1, 0.15) is 5.69 Å². The lowest BCUT2D eigenvalue weighted by atomic mass is 10.1. The van der Waals surface area contributed by atoms with Gasteiger partial charge in [-0.05, 0) is 25.1 Å². The molecule has 0 radical (unpaired) electrons. The first-order valence-corrected chi connectivity index (χ1v) is 6.68. The van der Waals surface area contributed by atoms with E-state index in [4.69, 9.17) is 4.74 Å². The highest BCUT2D eigenvalue weighted by molar-refractivity contribution is 5.68. The highest BCUT2D eigenvalue weighted by Crippen LogP contribution is 2.32. The molecule has 106 valence electrons. The maximum absolute atomic E-state index is 9.88. The molecule has 0 spiro atoms. The Balaban J connectivity index is 2.03. The van der Waals surface area contributed by atoms with Crippen LogP contribution in [0, 0.1) is 6.92 Å². The zero-order valence-corrected chi connectivity index (χ0v) is 11.9. The Hall–Kier alpha value is -2.75. The molecule has 0 fully saturated rings. The minimum atomic E-state index is 0.102. The second kappa shape index (κ2) is 5.32. The van der Waals surface area contributed by atoms with Crippen LogP contribution < -0.4 is 4.74 Å². The molecule has 0 unspecified atom stereocenters. The van der Waals surface area contributed by atoms with E-state index < -0.39 is 0 Å². The number of aromatic amines is 1. The molecule has 0 aliphatic rings. The monoisotopic (exact) mass is 280 g/mol. The highest BCUT2D eigenvalue weighted by Gasteiger charge is 2.12. The summed E-state index contributed by atoms with van der Waals surface area (Å²) in [5.41, 5.74) is 3.79. The van der Waals surface area contributed by atoms with Gasteiger partial charge in [-0.2, -0.15) is 0 Å². The Morgan fingerprint density at radius 3 is 2.48 bits per heavy atom. The standard InChI is InChI=1S/C17H16N2O2/c1-11-16(12-6-4-3-5-7-12)19-17(18-11)13-8-9-15(21-2)14(20)10-13/h3-10,20H,1-2H3,(H,18,19). The van der Waals surface area contributed by atoms with E-state index in [0.717, 1.165) is 28.3 Å². The van der Waals surface area contributed by atoms with Gasteiger partial charge in [0.15, 0.2) is 11.5 Å². The number of nitrogens with zero attached hydrogens (tertiary/aromatic N) is 1. The van der Waals surface area contributed by atoms with Gasteiger partial charge in [-0.15, -0.1) is 0 Å². The van der Waals surface area contributed by atoms with Crippen LogP contribution in [0.15, 0.2) is 48.5 Å². The number of aryl methyl sites for hydroxylation is 1. The van der Waals surface area contributed by atoms with E-state index in [0.29, 0.717) is 5.75 Å². The van der Waals surface area contributed by atoms with Gasteiger partial charge in [0.25, 0.3) is 0 Å². The second-order valence-electron chi connectivity index (χ2n) is 4.81. The van der Waals surface area contributed by atoms with Gasteiger partial charge in [0.2, 0.25) is 0 Å². The number of hydrogen-bond acceptors (Lipinski definition) is 3. The lowest BCUT2D eigenvalue weighted by Crippen LogP contribution is -1.86. The number of phenolic OH excluding ortho intramolecular Hbond substituents is 1. The van der Waals surface area contributed by atoms with Crippen molar-refractivity contribution in [1.82, 2.24) is 9.97 Å². The van der Waals surface area contributed by atoms with Gasteiger partial charge < -0.3 is 14.8 Å². The zero-order valence-electron chi connectivity index (χ0n) is 11.9. The molecule has 3 rings (SSSR count). The largest absolute Gasteiger partial charge is 0.504 e. The zero-order chi connectivity index (χ0) is 14.8. The van der Waals surface area contributed by atoms with E-state index in [9.17, 15) is 5.11 Å². The van der Waals surface area contributed by atoms with Crippen LogP contribution in [0.4, 0.5) is 0 Å². The van der Waals surface area contributed by atoms with E-state index in [2.05, 4.69) is 9.97 Å². The summed E-state index contributed by atoms with van der Waals surface area (Å²) in [6.07, 6.45) is 0. The average molecular weight is 280 g/mol. The summed E-state index contributed by atoms with van der Waals surface area (Å²) in [6, 6.07) is 15.2. The van der Waals surface area contributed by atoms with Crippen LogP contribution in [0.5, 0.6) is 11.5 Å². The quantitative estimate of drug-likeness (QED) is 0.768. The molecule has 0 atom stereocenters. The summed E-state index contributed by atoms with van der Waals surface area (Å²) in [7, 11) is 1.53. The van der Waals surface area contributed by atoms with Crippen LogP contribution in [-0.4, -0.2) is 22.2 Å². The number of aromatic nitrogens is 2. The number of phenols is 1. The summed E-state index contributed by atoms with van der Waals surface area (Å²) in [4.78, 5) is 7.90. The number of ether oxygens (including phenoxy) is 1. The van der Waals surface area contributed by atoms with Crippen molar-refractivity contribution in [3.05, 3.63) is 54.2 Å². The predicted molar refractivity (Wildman–Crippen MR) is 82.4 cm³/mol. The van der Waals surface area contributed by atoms with Gasteiger partial charge in [-0.25, -0.2) is 4.98 Å². The Labute approximate surface area is 123 Å². The molecule has 21 heavy (non-hydrogen) atoms. The number of hydrogen-bond donors (Lipinski definition) is 2. The highest BCUT2D eigenvalue weighted by atomic mass is 16.5. The van der Waals surface area contributed by atoms with E-state index in [-0.39, 0.29) is 5.75 Å². The number of aromatic hydroxyl groups is 1. The van der Waals surface area contributed by atoms with Crippen LogP contribution in [0.25, 0.3) is 22.6 Å². The normalized spacial score (nSPS) is 10.6. The fraction of sp³-hybridized carbons (Fsp3) is 0.118. The molecule has 0 amide bonds. The van der Waals surface area contributed by atoms with Crippen LogP contribution >= 0.6 is 0 Å². The van der Waals surface area contributed by atoms with Crippen molar-refractivity contribution < 1.29 is 9.84 Å². The van der Waals surface area contributed by atoms with Crippen molar-refractivity contribution >= 4 is 0 Å². The molecule has 2 aromatic carbocycles. The van der Waals surface area contributed by atoms with Crippen molar-refractivity contribution in [1.29, 1.82) is 0 Å². The Bertz CT molecular complexity index is 764. The predicted octanol–water partition coefficient (Wildman–Crippen LogP) is 3.77. The molecule has 0 bridgehead atoms. The summed E-state index contributed by atoms with van der Waals surface area (Å²) < 4.78 is 5.05. The molecule has 0 saturated carbocycles. The maximum Gasteiger partial charge on any atom is 0.160 e. The third-order valence-corrected chi connectivity index (χ3v) is 3.38. The molecule has 2 N–H and O–H groups in total. The van der Waals surface area contributed by atoms with Gasteiger partial charge in [0, 0.05) is 16.8 Å². The van der Waals surface area contributed by atoms with Crippen LogP contribution in [-0.2, 0) is 0 Å². The fourth-order valence-corrected chi connectivity index (χ4v) is 2.31. The van der Waals surface area contributed by atoms with Crippen molar-refractivity contribution in [3.63, 3.8) is 0 Å². The van der Waals surface area contributed by atoms with Gasteiger partial charge >= 0.3 is 0 Å². The number of imidazole rings is 1. The van der Waals surface area contributed by atoms with E-state index in [1.54, 1.807) is 12.1 Å². The molecule has 3 aromatic rings. The fourth-order valence-electron chi connectivity index (χ4n) is 2.31. The number of H-pyrrole nitrogens is 1. The first-order valence-electron chi connectivity index (χ1n) is 6.68. The lowest BCUT2D eigenvalue weighted by molar-refractivity contribution is 0.373. The summed E-state index contributed by atoms with van der Waals surface area (Å²) in [5.74, 6) is 1.28. The van der Waals surface area contributed by atoms with E-state index >= 15 is 0 Å². The Morgan fingerprint density at radius 2 is 1.81 bits per heavy atom. The summed E-state index contributed by atoms with van der Waals surface area (Å²) in [6.45, 7) is 1.99. The molecule has 0 aliphatic heterocycles. The Kier molecular flexibility index (Phi) is 3.36. The first kappa shape index (κ1) is 13.2. The molecular weight excluding hydrogens is 264 g/mol. The summed E-state index contributed by atoms with van der Waals surface area (Å²) in [5, 5.41) is 9.88. The number of methoxy groups -OCH3 is 1. The second-order valence-corrected chi connectivity index (χ2v) is 4.81. The molecule has 0 saturated heterocycles. The number of benzene rings is 2. The van der Waals surface area contributed by atoms with Gasteiger partial charge in [-0.1, -0.05) is 30.3 Å². The van der Waals surface area contributed by atoms with Crippen molar-refractivity contribution in [2.24, 2.45) is 0 Å². The van der Waals surface area contributed by atoms with E-state index in [1.165, 1.54) is 7.11 Å². The molecule has 1 aromatic heterocycles. The Morgan fingerprint density at radius 1 is 1.05 bits per heavy atom. The third-order valence-electron chi connectivity index (χ3n) is 3.38. The molecule has 1 heterocycles. The smallest absolute Gasteiger partial charge is 0.160 e. The molecular formula is C17H16N2O2. The van der Waals surface area contributed by atoms with Crippen LogP contribution in [0.2, 0.25) is 0 Å². The van der Waals surface area contributed by atoms with Gasteiger partial charge in [0.1, 0.15) is 5.82 Å². The van der Waals surface area contributed by atoms with Gasteiger partial charge in [-0.3, -0.25) is 0 Å². The van der Waals surface area contributed by atoms with Crippen molar-refractivity contribution in [2.45, 2.75) is 6.92 Å². The van der Waals surface area contributed by atoms with Crippen molar-refractivity contribution in [3.8, 4) is 34.1 Å². The minimum Gasteiger partial charge on any atom is -0.504 e. The summed E-state index contributed by atoms with van der Waals surface area (Å²) >= 11 is 0. The lowest BCUT2D eigenvalue weighted by Gasteiger charge is -2.04. The minimum absolute atomic E-state index is 0.102.